The van der Waals surface area contributed by atoms with Crippen molar-refractivity contribution in [2.45, 2.75) is 19.4 Å². The van der Waals surface area contributed by atoms with Gasteiger partial charge in [-0.2, -0.15) is 5.10 Å². The van der Waals surface area contributed by atoms with Crippen LogP contribution in [0.25, 0.3) is 0 Å². The van der Waals surface area contributed by atoms with E-state index in [-0.39, 0.29) is 12.5 Å². The summed E-state index contributed by atoms with van der Waals surface area (Å²) in [6.07, 6.45) is 3.91. The molecule has 0 spiro atoms. The Morgan fingerprint density at radius 1 is 1.65 bits per heavy atom. The van der Waals surface area contributed by atoms with Gasteiger partial charge >= 0.3 is 5.97 Å². The molecule has 0 radical (unpaired) electrons. The summed E-state index contributed by atoms with van der Waals surface area (Å²) in [7, 11) is 1.27. The molecule has 1 amide bonds. The molecule has 94 valence electrons. The average molecular weight is 304 g/mol. The molecule has 1 atom stereocenters. The summed E-state index contributed by atoms with van der Waals surface area (Å²) >= 11 is 3.26. The van der Waals surface area contributed by atoms with Crippen LogP contribution in [0.15, 0.2) is 16.9 Å². The highest BCUT2D eigenvalue weighted by Crippen LogP contribution is 2.14. The Balaban J connectivity index is 2.62. The third kappa shape index (κ3) is 3.85. The highest BCUT2D eigenvalue weighted by atomic mass is 79.9. The molecule has 6 nitrogen and oxygen atoms in total. The summed E-state index contributed by atoms with van der Waals surface area (Å²) in [5.41, 5.74) is 0. The topological polar surface area (TPSA) is 73.2 Å². The van der Waals surface area contributed by atoms with Crippen molar-refractivity contribution < 1.29 is 14.3 Å². The first-order chi connectivity index (χ1) is 8.08. The zero-order chi connectivity index (χ0) is 12.8. The second-order valence-electron chi connectivity index (χ2n) is 3.36. The van der Waals surface area contributed by atoms with Gasteiger partial charge in [0.2, 0.25) is 5.91 Å². The molecule has 0 saturated carbocycles. The summed E-state index contributed by atoms with van der Waals surface area (Å²) in [5, 5.41) is 6.55. The Morgan fingerprint density at radius 3 is 2.82 bits per heavy atom. The first kappa shape index (κ1) is 13.7. The van der Waals surface area contributed by atoms with Crippen molar-refractivity contribution in [2.24, 2.45) is 0 Å². The molecular formula is C10H14BrN3O3. The minimum Gasteiger partial charge on any atom is -0.468 e. The maximum absolute atomic E-state index is 11.8. The van der Waals surface area contributed by atoms with Gasteiger partial charge in [0, 0.05) is 6.20 Å². The highest BCUT2D eigenvalue weighted by Gasteiger charge is 2.19. The number of esters is 1. The van der Waals surface area contributed by atoms with Crippen LogP contribution >= 0.6 is 15.9 Å². The summed E-state index contributed by atoms with van der Waals surface area (Å²) in [6.45, 7) is 1.74. The lowest BCUT2D eigenvalue weighted by atomic mass is 10.2. The van der Waals surface area contributed by atoms with Gasteiger partial charge in [-0.3, -0.25) is 14.3 Å². The maximum atomic E-state index is 11.8. The standard InChI is InChI=1S/C10H14BrN3O3/c1-3-8(14-6-7(11)4-13-14)10(16)12-5-9(15)17-2/h4,6,8H,3,5H2,1-2H3,(H,12,16). The smallest absolute Gasteiger partial charge is 0.325 e. The number of hydrogen-bond donors (Lipinski definition) is 1. The number of halogens is 1. The van der Waals surface area contributed by atoms with Crippen LogP contribution in [0.3, 0.4) is 0 Å². The van der Waals surface area contributed by atoms with E-state index in [1.54, 1.807) is 17.1 Å². The SMILES string of the molecule is CCC(C(=O)NCC(=O)OC)n1cc(Br)cn1. The van der Waals surface area contributed by atoms with Crippen LogP contribution in [0, 0.1) is 0 Å². The lowest BCUT2D eigenvalue weighted by Crippen LogP contribution is -2.36. The third-order valence-corrected chi connectivity index (χ3v) is 2.62. The summed E-state index contributed by atoms with van der Waals surface area (Å²) in [6, 6.07) is -0.425. The average Bonchev–Trinajstić information content (AvgIpc) is 2.73. The van der Waals surface area contributed by atoms with E-state index in [0.29, 0.717) is 6.42 Å². The Morgan fingerprint density at radius 2 is 2.35 bits per heavy atom. The summed E-state index contributed by atoms with van der Waals surface area (Å²) in [5.74, 6) is -0.733. The molecule has 0 fully saturated rings. The van der Waals surface area contributed by atoms with Crippen molar-refractivity contribution in [3.63, 3.8) is 0 Å². The van der Waals surface area contributed by atoms with Crippen LogP contribution in [-0.4, -0.2) is 35.3 Å². The quantitative estimate of drug-likeness (QED) is 0.820. The largest absolute Gasteiger partial charge is 0.468 e. The van der Waals surface area contributed by atoms with Gasteiger partial charge in [-0.05, 0) is 22.4 Å². The van der Waals surface area contributed by atoms with E-state index in [1.165, 1.54) is 7.11 Å². The fourth-order valence-corrected chi connectivity index (χ4v) is 1.63. The molecule has 0 aromatic carbocycles. The van der Waals surface area contributed by atoms with E-state index >= 15 is 0 Å². The number of nitrogens with one attached hydrogen (secondary N) is 1. The van der Waals surface area contributed by atoms with Crippen LogP contribution in [-0.2, 0) is 14.3 Å². The zero-order valence-corrected chi connectivity index (χ0v) is 11.2. The van der Waals surface area contributed by atoms with Gasteiger partial charge in [-0.25, -0.2) is 0 Å². The number of carbonyl (C=O) groups excluding carboxylic acids is 2. The van der Waals surface area contributed by atoms with Crippen molar-refractivity contribution >= 4 is 27.8 Å². The molecule has 17 heavy (non-hydrogen) atoms. The number of ether oxygens (including phenoxy) is 1. The van der Waals surface area contributed by atoms with Gasteiger partial charge < -0.3 is 10.1 Å². The molecule has 7 heteroatoms. The molecular weight excluding hydrogens is 290 g/mol. The molecule has 1 aromatic heterocycles. The van der Waals surface area contributed by atoms with E-state index in [1.807, 2.05) is 6.92 Å². The maximum Gasteiger partial charge on any atom is 0.325 e. The lowest BCUT2D eigenvalue weighted by molar-refractivity contribution is -0.141. The minimum absolute atomic E-state index is 0.131. The molecule has 0 aliphatic heterocycles. The number of hydrogen-bond acceptors (Lipinski definition) is 4. The van der Waals surface area contributed by atoms with Crippen LogP contribution in [0.4, 0.5) is 0 Å². The normalized spacial score (nSPS) is 11.9. The zero-order valence-electron chi connectivity index (χ0n) is 9.64. The summed E-state index contributed by atoms with van der Waals surface area (Å²) < 4.78 is 6.80. The Hall–Kier alpha value is -1.37. The van der Waals surface area contributed by atoms with Crippen molar-refractivity contribution in [3.05, 3.63) is 16.9 Å². The first-order valence-corrected chi connectivity index (χ1v) is 5.92. The monoisotopic (exact) mass is 303 g/mol. The van der Waals surface area contributed by atoms with Gasteiger partial charge in [0.25, 0.3) is 0 Å². The first-order valence-electron chi connectivity index (χ1n) is 5.12. The van der Waals surface area contributed by atoms with E-state index in [0.717, 1.165) is 4.47 Å². The molecule has 0 saturated heterocycles. The molecule has 1 aromatic rings. The van der Waals surface area contributed by atoms with Crippen molar-refractivity contribution in [1.82, 2.24) is 15.1 Å². The van der Waals surface area contributed by atoms with Crippen LogP contribution < -0.4 is 5.32 Å². The minimum atomic E-state index is -0.477. The van der Waals surface area contributed by atoms with Gasteiger partial charge in [-0.15, -0.1) is 0 Å². The van der Waals surface area contributed by atoms with E-state index in [4.69, 9.17) is 0 Å². The van der Waals surface area contributed by atoms with E-state index in [2.05, 4.69) is 31.1 Å². The van der Waals surface area contributed by atoms with Crippen molar-refractivity contribution in [1.29, 1.82) is 0 Å². The number of rotatable bonds is 5. The van der Waals surface area contributed by atoms with Gasteiger partial charge in [0.1, 0.15) is 12.6 Å². The molecule has 1 rings (SSSR count). The van der Waals surface area contributed by atoms with Crippen LogP contribution in [0.5, 0.6) is 0 Å². The molecule has 1 unspecified atom stereocenters. The van der Waals surface area contributed by atoms with Crippen LogP contribution in [0.1, 0.15) is 19.4 Å². The number of amides is 1. The molecule has 0 bridgehead atoms. The molecule has 1 heterocycles. The Labute approximate surface area is 107 Å². The van der Waals surface area contributed by atoms with E-state index in [9.17, 15) is 9.59 Å². The van der Waals surface area contributed by atoms with Crippen LogP contribution in [0.2, 0.25) is 0 Å². The Bertz CT molecular complexity index is 405. The van der Waals surface area contributed by atoms with Crippen molar-refractivity contribution in [2.75, 3.05) is 13.7 Å². The predicted octanol–water partition coefficient (Wildman–Crippen LogP) is 0.886. The predicted molar refractivity (Wildman–Crippen MR) is 64.3 cm³/mol. The fraction of sp³-hybridized carbons (Fsp3) is 0.500. The molecule has 0 aliphatic rings. The van der Waals surface area contributed by atoms with Gasteiger partial charge in [0.15, 0.2) is 0 Å². The second-order valence-corrected chi connectivity index (χ2v) is 4.27. The lowest BCUT2D eigenvalue weighted by Gasteiger charge is -2.14. The fourth-order valence-electron chi connectivity index (χ4n) is 1.33. The number of aromatic nitrogens is 2. The molecule has 1 N–H and O–H groups in total. The number of methoxy groups -OCH3 is 1. The van der Waals surface area contributed by atoms with Gasteiger partial charge in [0.05, 0.1) is 17.8 Å². The van der Waals surface area contributed by atoms with E-state index < -0.39 is 12.0 Å². The summed E-state index contributed by atoms with van der Waals surface area (Å²) in [4.78, 5) is 22.7. The third-order valence-electron chi connectivity index (χ3n) is 2.21. The van der Waals surface area contributed by atoms with Crippen molar-refractivity contribution in [3.8, 4) is 0 Å². The highest BCUT2D eigenvalue weighted by molar-refractivity contribution is 9.10. The molecule has 0 aliphatic carbocycles. The Kier molecular flexibility index (Phi) is 5.14. The number of nitrogens with zero attached hydrogens (tertiary/aromatic N) is 2. The number of carbonyl (C=O) groups is 2. The van der Waals surface area contributed by atoms with Gasteiger partial charge in [-0.1, -0.05) is 6.92 Å². The second kappa shape index (κ2) is 6.39.